The van der Waals surface area contributed by atoms with Gasteiger partial charge in [-0.3, -0.25) is 4.79 Å². The summed E-state index contributed by atoms with van der Waals surface area (Å²) in [5, 5.41) is 0. The minimum Gasteiger partial charge on any atom is -0.450 e. The average molecular weight is 516 g/mol. The minimum absolute atomic E-state index is 0.0289. The van der Waals surface area contributed by atoms with Crippen molar-refractivity contribution in [3.05, 3.63) is 0 Å². The molecule has 2 rings (SSSR count). The van der Waals surface area contributed by atoms with E-state index < -0.39 is 60.7 Å². The van der Waals surface area contributed by atoms with Gasteiger partial charge in [-0.05, 0) is 43.4 Å². The van der Waals surface area contributed by atoms with Crippen LogP contribution < -0.4 is 0 Å². The fourth-order valence-corrected chi connectivity index (χ4v) is 4.41. The Morgan fingerprint density at radius 1 is 0.735 bits per heavy atom. The predicted molar refractivity (Wildman–Crippen MR) is 91.5 cm³/mol. The van der Waals surface area contributed by atoms with Gasteiger partial charge in [-0.15, -0.1) is 0 Å². The van der Waals surface area contributed by atoms with Crippen LogP contribution in [0.2, 0.25) is 0 Å². The number of alkyl halides is 9. The van der Waals surface area contributed by atoms with Crippen LogP contribution in [-0.2, 0) is 28.6 Å². The van der Waals surface area contributed by atoms with Crippen LogP contribution in [0.1, 0.15) is 33.6 Å². The third kappa shape index (κ3) is 6.06. The third-order valence-electron chi connectivity index (χ3n) is 6.44. The summed E-state index contributed by atoms with van der Waals surface area (Å²) < 4.78 is 126. The maximum absolute atomic E-state index is 12.7. The SMILES string of the molecule is CC1C2CC(C(=O)OC(C(=O)OC(C)C(F)(F)F)C(=O)OC(C(F)(F)F)C(F)(F)F)C(C2)C1C. The Morgan fingerprint density at radius 2 is 1.24 bits per heavy atom. The number of hydrogen-bond donors (Lipinski definition) is 0. The number of hydrogen-bond acceptors (Lipinski definition) is 6. The van der Waals surface area contributed by atoms with Gasteiger partial charge in [-0.25, -0.2) is 9.59 Å². The smallest absolute Gasteiger partial charge is 0.434 e. The van der Waals surface area contributed by atoms with E-state index in [1.165, 1.54) is 0 Å². The number of esters is 3. The monoisotopic (exact) mass is 516 g/mol. The van der Waals surface area contributed by atoms with Gasteiger partial charge in [0.15, 0.2) is 6.10 Å². The Kier molecular flexibility index (Phi) is 7.78. The van der Waals surface area contributed by atoms with E-state index in [0.717, 1.165) is 0 Å². The molecule has 2 bridgehead atoms. The lowest BCUT2D eigenvalue weighted by molar-refractivity contribution is -0.315. The van der Waals surface area contributed by atoms with Crippen LogP contribution in [-0.4, -0.2) is 54.7 Å². The van der Waals surface area contributed by atoms with Crippen molar-refractivity contribution in [2.45, 2.75) is 70.5 Å². The predicted octanol–water partition coefficient (Wildman–Crippen LogP) is 4.36. The molecule has 0 radical (unpaired) electrons. The second-order valence-corrected chi connectivity index (χ2v) is 8.56. The van der Waals surface area contributed by atoms with E-state index >= 15 is 0 Å². The lowest BCUT2D eigenvalue weighted by atomic mass is 9.76. The van der Waals surface area contributed by atoms with E-state index in [1.807, 2.05) is 6.92 Å². The van der Waals surface area contributed by atoms with Crippen LogP contribution in [0, 0.1) is 29.6 Å². The van der Waals surface area contributed by atoms with E-state index in [9.17, 15) is 53.9 Å². The van der Waals surface area contributed by atoms with Crippen LogP contribution in [0.5, 0.6) is 0 Å². The fraction of sp³-hybridized carbons (Fsp3) is 0.842. The Hall–Kier alpha value is -2.22. The average Bonchev–Trinajstić information content (AvgIpc) is 3.21. The van der Waals surface area contributed by atoms with Gasteiger partial charge in [0, 0.05) is 0 Å². The highest BCUT2D eigenvalue weighted by molar-refractivity contribution is 6.00. The molecule has 0 saturated heterocycles. The molecule has 0 aromatic rings. The van der Waals surface area contributed by atoms with Gasteiger partial charge in [0.25, 0.3) is 12.2 Å². The highest BCUT2D eigenvalue weighted by Gasteiger charge is 2.61. The first-order valence-corrected chi connectivity index (χ1v) is 10.1. The van der Waals surface area contributed by atoms with Gasteiger partial charge in [0.05, 0.1) is 5.92 Å². The molecule has 15 heteroatoms. The van der Waals surface area contributed by atoms with Crippen LogP contribution in [0.4, 0.5) is 39.5 Å². The molecule has 0 aliphatic heterocycles. The van der Waals surface area contributed by atoms with Gasteiger partial charge >= 0.3 is 36.4 Å². The molecule has 0 heterocycles. The highest BCUT2D eigenvalue weighted by atomic mass is 19.4. The topological polar surface area (TPSA) is 78.9 Å². The first kappa shape index (κ1) is 28.0. The molecular formula is C19H21F9O6. The maximum Gasteiger partial charge on any atom is 0.434 e. The van der Waals surface area contributed by atoms with Crippen molar-refractivity contribution >= 4 is 17.9 Å². The summed E-state index contributed by atoms with van der Waals surface area (Å²) in [5.41, 5.74) is 0. The molecule has 2 saturated carbocycles. The lowest BCUT2D eigenvalue weighted by Gasteiger charge is -2.31. The van der Waals surface area contributed by atoms with Crippen molar-refractivity contribution in [1.29, 1.82) is 0 Å². The molecule has 7 atom stereocenters. The van der Waals surface area contributed by atoms with Crippen molar-refractivity contribution < 1.29 is 68.1 Å². The summed E-state index contributed by atoms with van der Waals surface area (Å²) in [5.74, 6) is -7.38. The van der Waals surface area contributed by atoms with Crippen LogP contribution in [0.15, 0.2) is 0 Å². The second-order valence-electron chi connectivity index (χ2n) is 8.56. The van der Waals surface area contributed by atoms with E-state index in [4.69, 9.17) is 0 Å². The van der Waals surface area contributed by atoms with E-state index in [0.29, 0.717) is 6.42 Å². The first-order valence-electron chi connectivity index (χ1n) is 10.1. The zero-order valence-corrected chi connectivity index (χ0v) is 17.9. The Morgan fingerprint density at radius 3 is 1.65 bits per heavy atom. The number of rotatable bonds is 6. The van der Waals surface area contributed by atoms with Gasteiger partial charge in [0.2, 0.25) is 0 Å². The number of fused-ring (bicyclic) bond motifs is 2. The number of ether oxygens (including phenoxy) is 3. The van der Waals surface area contributed by atoms with Crippen molar-refractivity contribution in [2.75, 3.05) is 0 Å². The normalized spacial score (nSPS) is 29.0. The Balaban J connectivity index is 2.26. The molecule has 2 fully saturated rings. The van der Waals surface area contributed by atoms with Crippen molar-refractivity contribution in [3.63, 3.8) is 0 Å². The molecule has 2 aliphatic carbocycles. The summed E-state index contributed by atoms with van der Waals surface area (Å²) >= 11 is 0. The minimum atomic E-state index is -6.18. The number of carbonyl (C=O) groups is 3. The second kappa shape index (κ2) is 9.44. The molecule has 0 spiro atoms. The zero-order chi connectivity index (χ0) is 26.4. The first-order chi connectivity index (χ1) is 15.2. The molecule has 2 aliphatic rings. The van der Waals surface area contributed by atoms with Crippen molar-refractivity contribution in [1.82, 2.24) is 0 Å². The molecular weight excluding hydrogens is 495 g/mol. The summed E-state index contributed by atoms with van der Waals surface area (Å²) in [6.07, 6.45) is -27.6. The van der Waals surface area contributed by atoms with Gasteiger partial charge in [-0.2, -0.15) is 39.5 Å². The standard InChI is InChI=1S/C19H21F9O6/c1-6-7(2)10-4-9(6)5-11(10)13(29)33-12(14(30)32-8(3)17(20,21)22)15(31)34-16(18(23,24)25)19(26,27)28/h6-12,16H,4-5H2,1-3H3. The molecule has 0 aromatic carbocycles. The quantitative estimate of drug-likeness (QED) is 0.226. The molecule has 6 nitrogen and oxygen atoms in total. The van der Waals surface area contributed by atoms with Crippen LogP contribution in [0.3, 0.4) is 0 Å². The highest BCUT2D eigenvalue weighted by Crippen LogP contribution is 2.55. The number of halogens is 9. The molecule has 0 aromatic heterocycles. The zero-order valence-electron chi connectivity index (χ0n) is 17.9. The van der Waals surface area contributed by atoms with Crippen molar-refractivity contribution in [3.8, 4) is 0 Å². The summed E-state index contributed by atoms with van der Waals surface area (Å²) in [6, 6.07) is 0. The van der Waals surface area contributed by atoms with Crippen LogP contribution in [0.25, 0.3) is 0 Å². The largest absolute Gasteiger partial charge is 0.450 e. The van der Waals surface area contributed by atoms with E-state index in [1.54, 1.807) is 6.92 Å². The summed E-state index contributed by atoms with van der Waals surface area (Å²) in [7, 11) is 0. The van der Waals surface area contributed by atoms with E-state index in [-0.39, 0.29) is 37.0 Å². The molecule has 34 heavy (non-hydrogen) atoms. The lowest BCUT2D eigenvalue weighted by Crippen LogP contribution is -2.50. The molecule has 196 valence electrons. The van der Waals surface area contributed by atoms with Crippen LogP contribution >= 0.6 is 0 Å². The fourth-order valence-electron chi connectivity index (χ4n) is 4.41. The Labute approximate surface area is 187 Å². The number of carbonyl (C=O) groups excluding carboxylic acids is 3. The molecule has 0 N–H and O–H groups in total. The molecule has 7 unspecified atom stereocenters. The van der Waals surface area contributed by atoms with Gasteiger partial charge < -0.3 is 14.2 Å². The van der Waals surface area contributed by atoms with Gasteiger partial charge in [0.1, 0.15) is 0 Å². The van der Waals surface area contributed by atoms with E-state index in [2.05, 4.69) is 14.2 Å². The molecule has 0 amide bonds. The van der Waals surface area contributed by atoms with Gasteiger partial charge in [-0.1, -0.05) is 13.8 Å². The Bertz CT molecular complexity index is 775. The third-order valence-corrected chi connectivity index (χ3v) is 6.44. The maximum atomic E-state index is 12.7. The summed E-state index contributed by atoms with van der Waals surface area (Å²) in [6.45, 7) is 4.01. The summed E-state index contributed by atoms with van der Waals surface area (Å²) in [4.78, 5) is 36.7. The van der Waals surface area contributed by atoms with Crippen molar-refractivity contribution in [2.24, 2.45) is 29.6 Å².